The fraction of sp³-hybridized carbons (Fsp3) is 0.467. The lowest BCUT2D eigenvalue weighted by molar-refractivity contribution is -0.120. The van der Waals surface area contributed by atoms with E-state index in [1.54, 1.807) is 11.8 Å². The lowest BCUT2D eigenvalue weighted by Gasteiger charge is -2.11. The largest absolute Gasteiger partial charge is 0.385 e. The van der Waals surface area contributed by atoms with Crippen molar-refractivity contribution in [3.63, 3.8) is 0 Å². The third-order valence-corrected chi connectivity index (χ3v) is 4.22. The molecule has 2 rings (SSSR count). The third-order valence-electron chi connectivity index (χ3n) is 3.15. The molecule has 124 valence electrons. The molecular weight excluding hydrogens is 314 g/mol. The van der Waals surface area contributed by atoms with Gasteiger partial charge < -0.3 is 10.1 Å². The summed E-state index contributed by atoms with van der Waals surface area (Å²) in [4.78, 5) is 12.1. The number of thioether (sulfide) groups is 1. The van der Waals surface area contributed by atoms with Crippen LogP contribution < -0.4 is 5.32 Å². The van der Waals surface area contributed by atoms with Crippen molar-refractivity contribution in [2.24, 2.45) is 0 Å². The van der Waals surface area contributed by atoms with Crippen LogP contribution in [0.4, 0.5) is 0 Å². The average Bonchev–Trinajstić information content (AvgIpc) is 2.99. The van der Waals surface area contributed by atoms with Crippen LogP contribution in [0.5, 0.6) is 0 Å². The SMILES string of the molecule is COCCCNC(=O)C(C)Sc1nnnn1Cc1ccccc1. The molecule has 0 saturated heterocycles. The van der Waals surface area contributed by atoms with Crippen LogP contribution in [0.1, 0.15) is 18.9 Å². The molecule has 1 atom stereocenters. The number of methoxy groups -OCH3 is 1. The van der Waals surface area contributed by atoms with E-state index in [2.05, 4.69) is 20.8 Å². The maximum atomic E-state index is 12.1. The Labute approximate surface area is 139 Å². The molecule has 0 aliphatic carbocycles. The predicted molar refractivity (Wildman–Crippen MR) is 88.2 cm³/mol. The second-order valence-corrected chi connectivity index (χ2v) is 6.31. The zero-order valence-electron chi connectivity index (χ0n) is 13.3. The van der Waals surface area contributed by atoms with Crippen molar-refractivity contribution in [2.75, 3.05) is 20.3 Å². The monoisotopic (exact) mass is 335 g/mol. The molecule has 7 nitrogen and oxygen atoms in total. The number of aromatic nitrogens is 4. The summed E-state index contributed by atoms with van der Waals surface area (Å²) in [5.74, 6) is -0.0274. The minimum atomic E-state index is -0.266. The fourth-order valence-electron chi connectivity index (χ4n) is 1.92. The Hall–Kier alpha value is -1.93. The van der Waals surface area contributed by atoms with Crippen molar-refractivity contribution in [1.29, 1.82) is 0 Å². The van der Waals surface area contributed by atoms with Crippen molar-refractivity contribution in [3.05, 3.63) is 35.9 Å². The number of carbonyl (C=O) groups excluding carboxylic acids is 1. The zero-order valence-corrected chi connectivity index (χ0v) is 14.1. The number of rotatable bonds is 9. The van der Waals surface area contributed by atoms with Crippen LogP contribution in [0.15, 0.2) is 35.5 Å². The van der Waals surface area contributed by atoms with Gasteiger partial charge in [-0.3, -0.25) is 4.79 Å². The molecule has 23 heavy (non-hydrogen) atoms. The number of amides is 1. The zero-order chi connectivity index (χ0) is 16.5. The van der Waals surface area contributed by atoms with E-state index in [9.17, 15) is 4.79 Å². The Morgan fingerprint density at radius 1 is 1.39 bits per heavy atom. The Balaban J connectivity index is 1.88. The first-order valence-electron chi connectivity index (χ1n) is 7.44. The first kappa shape index (κ1) is 17.4. The molecule has 8 heteroatoms. The number of ether oxygens (including phenoxy) is 1. The summed E-state index contributed by atoms with van der Waals surface area (Å²) >= 11 is 1.35. The maximum absolute atomic E-state index is 12.1. The lowest BCUT2D eigenvalue weighted by atomic mass is 10.2. The molecule has 1 unspecified atom stereocenters. The number of hydrogen-bond acceptors (Lipinski definition) is 6. The van der Waals surface area contributed by atoms with E-state index in [1.165, 1.54) is 11.8 Å². The Bertz CT molecular complexity index is 605. The van der Waals surface area contributed by atoms with Gasteiger partial charge in [0.1, 0.15) is 0 Å². The minimum Gasteiger partial charge on any atom is -0.385 e. The van der Waals surface area contributed by atoms with Gasteiger partial charge in [0, 0.05) is 20.3 Å². The Morgan fingerprint density at radius 2 is 2.17 bits per heavy atom. The van der Waals surface area contributed by atoms with E-state index in [-0.39, 0.29) is 11.2 Å². The number of benzene rings is 1. The molecule has 0 saturated carbocycles. The highest BCUT2D eigenvalue weighted by Gasteiger charge is 2.18. The van der Waals surface area contributed by atoms with Gasteiger partial charge in [-0.05, 0) is 29.3 Å². The smallest absolute Gasteiger partial charge is 0.233 e. The van der Waals surface area contributed by atoms with Crippen LogP contribution in [-0.4, -0.2) is 51.6 Å². The standard InChI is InChI=1S/C15H21N5O2S/c1-12(14(21)16-9-6-10-22-2)23-15-17-18-19-20(15)11-13-7-4-3-5-8-13/h3-5,7-8,12H,6,9-11H2,1-2H3,(H,16,21). The quantitative estimate of drug-likeness (QED) is 0.550. The summed E-state index contributed by atoms with van der Waals surface area (Å²) in [6, 6.07) is 9.95. The van der Waals surface area contributed by atoms with Crippen LogP contribution in [-0.2, 0) is 16.1 Å². The predicted octanol–water partition coefficient (Wildman–Crippen LogP) is 1.35. The van der Waals surface area contributed by atoms with Gasteiger partial charge in [-0.25, -0.2) is 4.68 Å². The van der Waals surface area contributed by atoms with Gasteiger partial charge >= 0.3 is 0 Å². The van der Waals surface area contributed by atoms with E-state index in [4.69, 9.17) is 4.74 Å². The van der Waals surface area contributed by atoms with Crippen LogP contribution in [0.2, 0.25) is 0 Å². The van der Waals surface area contributed by atoms with Crippen molar-refractivity contribution in [2.45, 2.75) is 30.3 Å². The molecule has 0 bridgehead atoms. The van der Waals surface area contributed by atoms with Gasteiger partial charge in [0.05, 0.1) is 11.8 Å². The Kier molecular flexibility index (Phi) is 7.02. The first-order chi connectivity index (χ1) is 11.2. The first-order valence-corrected chi connectivity index (χ1v) is 8.32. The second-order valence-electron chi connectivity index (χ2n) is 5.00. The van der Waals surface area contributed by atoms with E-state index in [1.807, 2.05) is 37.3 Å². The molecule has 2 aromatic rings. The van der Waals surface area contributed by atoms with Gasteiger partial charge in [0.15, 0.2) is 0 Å². The second kappa shape index (κ2) is 9.26. The number of nitrogens with one attached hydrogen (secondary N) is 1. The number of carbonyl (C=O) groups is 1. The fourth-order valence-corrected chi connectivity index (χ4v) is 2.73. The normalized spacial score (nSPS) is 12.1. The summed E-state index contributed by atoms with van der Waals surface area (Å²) in [6.45, 7) is 3.67. The summed E-state index contributed by atoms with van der Waals surface area (Å²) in [7, 11) is 1.65. The molecule has 0 radical (unpaired) electrons. The highest BCUT2D eigenvalue weighted by molar-refractivity contribution is 8.00. The summed E-state index contributed by atoms with van der Waals surface area (Å²) < 4.78 is 6.66. The maximum Gasteiger partial charge on any atom is 0.233 e. The minimum absolute atomic E-state index is 0.0274. The van der Waals surface area contributed by atoms with Gasteiger partial charge in [0.2, 0.25) is 11.1 Å². The van der Waals surface area contributed by atoms with Crippen LogP contribution in [0, 0.1) is 0 Å². The molecular formula is C15H21N5O2S. The summed E-state index contributed by atoms with van der Waals surface area (Å²) in [5.41, 5.74) is 1.11. The van der Waals surface area contributed by atoms with E-state index in [0.29, 0.717) is 24.9 Å². The molecule has 1 amide bonds. The topological polar surface area (TPSA) is 81.9 Å². The molecule has 0 aliphatic heterocycles. The lowest BCUT2D eigenvalue weighted by Crippen LogP contribution is -2.32. The molecule has 0 spiro atoms. The third kappa shape index (κ3) is 5.65. The number of tetrazole rings is 1. The van der Waals surface area contributed by atoms with Crippen LogP contribution in [0.3, 0.4) is 0 Å². The van der Waals surface area contributed by atoms with Crippen molar-refractivity contribution in [3.8, 4) is 0 Å². The molecule has 0 fully saturated rings. The molecule has 1 aromatic carbocycles. The number of hydrogen-bond donors (Lipinski definition) is 1. The van der Waals surface area contributed by atoms with E-state index >= 15 is 0 Å². The van der Waals surface area contributed by atoms with Gasteiger partial charge in [-0.2, -0.15) is 0 Å². The highest BCUT2D eigenvalue weighted by atomic mass is 32.2. The van der Waals surface area contributed by atoms with Crippen molar-refractivity contribution in [1.82, 2.24) is 25.5 Å². The molecule has 0 aliphatic rings. The summed E-state index contributed by atoms with van der Waals surface area (Å²) in [5, 5.41) is 15.0. The van der Waals surface area contributed by atoms with Gasteiger partial charge in [0.25, 0.3) is 0 Å². The van der Waals surface area contributed by atoms with Crippen molar-refractivity contribution < 1.29 is 9.53 Å². The van der Waals surface area contributed by atoms with Crippen LogP contribution in [0.25, 0.3) is 0 Å². The molecule has 1 aromatic heterocycles. The number of nitrogens with zero attached hydrogens (tertiary/aromatic N) is 4. The molecule has 1 heterocycles. The van der Waals surface area contributed by atoms with Crippen molar-refractivity contribution >= 4 is 17.7 Å². The van der Waals surface area contributed by atoms with Gasteiger partial charge in [-0.1, -0.05) is 42.1 Å². The Morgan fingerprint density at radius 3 is 2.91 bits per heavy atom. The van der Waals surface area contributed by atoms with Gasteiger partial charge in [-0.15, -0.1) is 5.10 Å². The average molecular weight is 335 g/mol. The van der Waals surface area contributed by atoms with Crippen LogP contribution >= 0.6 is 11.8 Å². The van der Waals surface area contributed by atoms with E-state index in [0.717, 1.165) is 12.0 Å². The molecule has 1 N–H and O–H groups in total. The van der Waals surface area contributed by atoms with E-state index < -0.39 is 0 Å². The summed E-state index contributed by atoms with van der Waals surface area (Å²) in [6.07, 6.45) is 0.797. The highest BCUT2D eigenvalue weighted by Crippen LogP contribution is 2.20.